The minimum absolute atomic E-state index is 0.812. The summed E-state index contributed by atoms with van der Waals surface area (Å²) in [5.41, 5.74) is 1.91. The van der Waals surface area contributed by atoms with E-state index in [-0.39, 0.29) is 0 Å². The van der Waals surface area contributed by atoms with Crippen LogP contribution in [-0.4, -0.2) is 11.0 Å². The Labute approximate surface area is 82.4 Å². The van der Waals surface area contributed by atoms with Gasteiger partial charge in [0, 0.05) is 23.7 Å². The maximum Gasteiger partial charge on any atom is 0.0794 e. The first-order valence-corrected chi connectivity index (χ1v) is 5.92. The summed E-state index contributed by atoms with van der Waals surface area (Å²) in [7, 11) is 0. The Balaban J connectivity index is 1.53. The predicted octanol–water partition coefficient (Wildman–Crippen LogP) is 2.03. The molecule has 2 fully saturated rings. The van der Waals surface area contributed by atoms with Crippen molar-refractivity contribution in [2.45, 2.75) is 31.8 Å². The van der Waals surface area contributed by atoms with Gasteiger partial charge in [-0.1, -0.05) is 0 Å². The lowest BCUT2D eigenvalue weighted by Crippen LogP contribution is -2.28. The first-order chi connectivity index (χ1) is 6.43. The zero-order chi connectivity index (χ0) is 8.67. The number of aromatic nitrogens is 1. The van der Waals surface area contributed by atoms with E-state index in [1.54, 1.807) is 11.3 Å². The van der Waals surface area contributed by atoms with Crippen molar-refractivity contribution in [1.29, 1.82) is 0 Å². The Morgan fingerprint density at radius 1 is 1.54 bits per heavy atom. The van der Waals surface area contributed by atoms with Gasteiger partial charge in [0.2, 0.25) is 0 Å². The molecule has 0 radical (unpaired) electrons. The highest BCUT2D eigenvalue weighted by Crippen LogP contribution is 2.51. The number of hydrogen-bond donors (Lipinski definition) is 1. The van der Waals surface area contributed by atoms with Crippen LogP contribution in [0.25, 0.3) is 0 Å². The van der Waals surface area contributed by atoms with Gasteiger partial charge in [0.1, 0.15) is 0 Å². The lowest BCUT2D eigenvalue weighted by atomic mass is 10.2. The number of rotatable bonds is 3. The van der Waals surface area contributed by atoms with E-state index in [4.69, 9.17) is 0 Å². The van der Waals surface area contributed by atoms with Crippen molar-refractivity contribution in [3.63, 3.8) is 0 Å². The topological polar surface area (TPSA) is 24.9 Å². The molecule has 3 heteroatoms. The largest absolute Gasteiger partial charge is 0.309 e. The fraction of sp³-hybridized carbons (Fsp3) is 0.700. The average Bonchev–Trinajstić information content (AvgIpc) is 2.64. The number of nitrogens with zero attached hydrogens (tertiary/aromatic N) is 1. The molecule has 70 valence electrons. The molecule has 0 amide bonds. The predicted molar refractivity (Wildman–Crippen MR) is 53.6 cm³/mol. The Morgan fingerprint density at radius 3 is 3.15 bits per heavy atom. The van der Waals surface area contributed by atoms with Crippen LogP contribution < -0.4 is 5.32 Å². The fourth-order valence-electron chi connectivity index (χ4n) is 2.52. The first-order valence-electron chi connectivity index (χ1n) is 5.04. The van der Waals surface area contributed by atoms with Gasteiger partial charge in [-0.25, -0.2) is 0 Å². The Hall–Kier alpha value is -0.410. The molecule has 0 spiro atoms. The highest BCUT2D eigenvalue weighted by molar-refractivity contribution is 7.09. The molecule has 1 aromatic heterocycles. The molecule has 0 saturated heterocycles. The summed E-state index contributed by atoms with van der Waals surface area (Å²) >= 11 is 1.75. The van der Waals surface area contributed by atoms with E-state index in [9.17, 15) is 0 Å². The molecule has 0 aromatic carbocycles. The Bertz CT molecular complexity index is 283. The molecular weight excluding hydrogens is 180 g/mol. The van der Waals surface area contributed by atoms with Crippen LogP contribution in [0, 0.1) is 11.8 Å². The summed E-state index contributed by atoms with van der Waals surface area (Å²) in [6, 6.07) is 0.812. The van der Waals surface area contributed by atoms with Crippen LogP contribution in [0.4, 0.5) is 0 Å². The zero-order valence-corrected chi connectivity index (χ0v) is 8.39. The van der Waals surface area contributed by atoms with Crippen molar-refractivity contribution in [1.82, 2.24) is 10.3 Å². The summed E-state index contributed by atoms with van der Waals surface area (Å²) in [5, 5.41) is 3.65. The van der Waals surface area contributed by atoms with Gasteiger partial charge < -0.3 is 5.32 Å². The summed E-state index contributed by atoms with van der Waals surface area (Å²) in [6.07, 6.45) is 6.32. The third-order valence-corrected chi connectivity index (χ3v) is 4.14. The maximum atomic E-state index is 4.08. The van der Waals surface area contributed by atoms with Crippen LogP contribution in [0.2, 0.25) is 0 Å². The summed E-state index contributed by atoms with van der Waals surface area (Å²) in [5.74, 6) is 2.10. The molecule has 13 heavy (non-hydrogen) atoms. The smallest absolute Gasteiger partial charge is 0.0794 e. The average molecular weight is 194 g/mol. The molecule has 3 rings (SSSR count). The van der Waals surface area contributed by atoms with E-state index in [2.05, 4.69) is 10.3 Å². The van der Waals surface area contributed by atoms with Gasteiger partial charge in [-0.05, 0) is 31.1 Å². The Kier molecular flexibility index (Phi) is 1.87. The van der Waals surface area contributed by atoms with E-state index < -0.39 is 0 Å². The van der Waals surface area contributed by atoms with E-state index >= 15 is 0 Å². The van der Waals surface area contributed by atoms with Crippen molar-refractivity contribution in [3.05, 3.63) is 16.6 Å². The third kappa shape index (κ3) is 1.51. The normalized spacial score (nSPS) is 36.2. The number of nitrogens with one attached hydrogen (secondary N) is 1. The number of hydrogen-bond acceptors (Lipinski definition) is 3. The van der Waals surface area contributed by atoms with Crippen LogP contribution in [0.5, 0.6) is 0 Å². The van der Waals surface area contributed by atoms with Gasteiger partial charge in [0.15, 0.2) is 0 Å². The summed E-state index contributed by atoms with van der Waals surface area (Å²) in [4.78, 5) is 5.44. The number of thiazole rings is 1. The van der Waals surface area contributed by atoms with Gasteiger partial charge >= 0.3 is 0 Å². The lowest BCUT2D eigenvalue weighted by Gasteiger charge is -2.12. The number of fused-ring (bicyclic) bond motifs is 1. The van der Waals surface area contributed by atoms with Crippen molar-refractivity contribution >= 4 is 11.3 Å². The van der Waals surface area contributed by atoms with E-state index in [0.29, 0.717) is 0 Å². The first kappa shape index (κ1) is 7.94. The van der Waals surface area contributed by atoms with Gasteiger partial charge in [0.05, 0.1) is 5.51 Å². The van der Waals surface area contributed by atoms with Gasteiger partial charge in [-0.2, -0.15) is 0 Å². The molecular formula is C10H14N2S. The standard InChI is InChI=1S/C10H14N2S/c1-2-10(9-3-7(1)9)12-5-8-4-11-6-13-8/h4,6-7,9-10,12H,1-3,5H2/t7-,9+,10?/m1/s1. The molecule has 2 aliphatic rings. The molecule has 2 nitrogen and oxygen atoms in total. The molecule has 1 heterocycles. The SMILES string of the molecule is c1ncc(CNC2CC[C@@H]3C[C@H]23)s1. The highest BCUT2D eigenvalue weighted by atomic mass is 32.1. The molecule has 2 aliphatic carbocycles. The van der Waals surface area contributed by atoms with Crippen molar-refractivity contribution in [2.24, 2.45) is 11.8 Å². The van der Waals surface area contributed by atoms with Crippen molar-refractivity contribution in [2.75, 3.05) is 0 Å². The molecule has 1 aromatic rings. The van der Waals surface area contributed by atoms with E-state index in [0.717, 1.165) is 24.4 Å². The van der Waals surface area contributed by atoms with Gasteiger partial charge in [-0.15, -0.1) is 11.3 Å². The van der Waals surface area contributed by atoms with E-state index in [1.807, 2.05) is 11.7 Å². The second kappa shape index (κ2) is 3.07. The highest BCUT2D eigenvalue weighted by Gasteiger charge is 2.47. The zero-order valence-electron chi connectivity index (χ0n) is 7.57. The minimum atomic E-state index is 0.812. The quantitative estimate of drug-likeness (QED) is 0.796. The molecule has 0 aliphatic heterocycles. The maximum absolute atomic E-state index is 4.08. The van der Waals surface area contributed by atoms with Crippen LogP contribution >= 0.6 is 11.3 Å². The molecule has 1 N–H and O–H groups in total. The summed E-state index contributed by atoms with van der Waals surface area (Å²) < 4.78 is 0. The molecule has 3 atom stereocenters. The van der Waals surface area contributed by atoms with Crippen molar-refractivity contribution < 1.29 is 0 Å². The molecule has 1 unspecified atom stereocenters. The van der Waals surface area contributed by atoms with Gasteiger partial charge in [-0.3, -0.25) is 4.98 Å². The van der Waals surface area contributed by atoms with Gasteiger partial charge in [0.25, 0.3) is 0 Å². The summed E-state index contributed by atoms with van der Waals surface area (Å²) in [6.45, 7) is 1.03. The lowest BCUT2D eigenvalue weighted by molar-refractivity contribution is 0.476. The second-order valence-corrected chi connectivity index (χ2v) is 5.16. The van der Waals surface area contributed by atoms with Crippen LogP contribution in [0.3, 0.4) is 0 Å². The van der Waals surface area contributed by atoms with Crippen molar-refractivity contribution in [3.8, 4) is 0 Å². The van der Waals surface area contributed by atoms with Crippen LogP contribution in [0.1, 0.15) is 24.1 Å². The molecule has 0 bridgehead atoms. The fourth-order valence-corrected chi connectivity index (χ4v) is 3.06. The minimum Gasteiger partial charge on any atom is -0.309 e. The Morgan fingerprint density at radius 2 is 2.54 bits per heavy atom. The van der Waals surface area contributed by atoms with Crippen LogP contribution in [0.15, 0.2) is 11.7 Å². The van der Waals surface area contributed by atoms with Crippen LogP contribution in [-0.2, 0) is 6.54 Å². The second-order valence-electron chi connectivity index (χ2n) is 4.19. The third-order valence-electron chi connectivity index (χ3n) is 3.36. The molecule has 2 saturated carbocycles. The monoisotopic (exact) mass is 194 g/mol. The van der Waals surface area contributed by atoms with E-state index in [1.165, 1.54) is 24.1 Å².